The predicted octanol–water partition coefficient (Wildman–Crippen LogP) is 3.33. The normalized spacial score (nSPS) is 10.3. The number of hydrogen-bond acceptors (Lipinski definition) is 12. The van der Waals surface area contributed by atoms with Gasteiger partial charge in [0.2, 0.25) is 0 Å². The number of carbonyl (C=O) groups excluding carboxylic acids is 6. The maximum absolute atomic E-state index is 12.4. The first kappa shape index (κ1) is 37.8. The highest BCUT2D eigenvalue weighted by Crippen LogP contribution is 2.42. The van der Waals surface area contributed by atoms with E-state index in [0.717, 1.165) is 0 Å². The Morgan fingerprint density at radius 1 is 0.449 bits per heavy atom. The van der Waals surface area contributed by atoms with E-state index in [9.17, 15) is 28.8 Å². The molecule has 0 aliphatic carbocycles. The summed E-state index contributed by atoms with van der Waals surface area (Å²) >= 11 is 0. The summed E-state index contributed by atoms with van der Waals surface area (Å²) in [6.07, 6.45) is 0. The monoisotopic (exact) mass is 697 g/mol. The average Bonchev–Trinajstić information content (AvgIpc) is 3.10. The van der Waals surface area contributed by atoms with Crippen LogP contribution in [0.25, 0.3) is 0 Å². The number of nitrogens with one attached hydrogen (secondary N) is 3. The zero-order valence-corrected chi connectivity index (χ0v) is 27.9. The Bertz CT molecular complexity index is 1390. The standard InChI is InChI=1S/C33H36N3O12P/c1-4-43-28(37)19-34-31(40)22-7-13-25(14-8-22)46-49(47-26-15-9-23(10-16-26)32(41)35-20-29(38)44-5-2)48-27-17-11-24(12-18-27)33(42)36-21-30(39)45-6-3/h7-18H,4-6,19-21H2,1-3H3,(H,34,40)(H,35,41)(H,36,42). The van der Waals surface area contributed by atoms with E-state index in [1.54, 1.807) is 20.8 Å². The van der Waals surface area contributed by atoms with Gasteiger partial charge in [0.05, 0.1) is 19.8 Å². The zero-order chi connectivity index (χ0) is 35.6. The summed E-state index contributed by atoms with van der Waals surface area (Å²) in [6.45, 7) is 4.73. The quantitative estimate of drug-likeness (QED) is 0.0999. The van der Waals surface area contributed by atoms with Crippen LogP contribution in [0.5, 0.6) is 17.2 Å². The molecule has 16 heteroatoms. The minimum Gasteiger partial charge on any atom is -0.465 e. The third-order valence-corrected chi connectivity index (χ3v) is 7.06. The van der Waals surface area contributed by atoms with Gasteiger partial charge in [0.15, 0.2) is 0 Å². The van der Waals surface area contributed by atoms with Gasteiger partial charge in [-0.2, -0.15) is 0 Å². The number of rotatable bonds is 18. The van der Waals surface area contributed by atoms with Crippen LogP contribution in [0.3, 0.4) is 0 Å². The van der Waals surface area contributed by atoms with Crippen LogP contribution in [-0.4, -0.2) is 75.1 Å². The average molecular weight is 698 g/mol. The number of esters is 3. The molecule has 49 heavy (non-hydrogen) atoms. The molecule has 15 nitrogen and oxygen atoms in total. The van der Waals surface area contributed by atoms with E-state index in [-0.39, 0.29) is 73.4 Å². The van der Waals surface area contributed by atoms with Crippen LogP contribution < -0.4 is 29.5 Å². The van der Waals surface area contributed by atoms with Gasteiger partial charge in [-0.25, -0.2) is 0 Å². The lowest BCUT2D eigenvalue weighted by Crippen LogP contribution is -2.30. The maximum atomic E-state index is 12.4. The lowest BCUT2D eigenvalue weighted by Gasteiger charge is -2.18. The number of amides is 3. The fourth-order valence-corrected chi connectivity index (χ4v) is 4.71. The third-order valence-electron chi connectivity index (χ3n) is 5.99. The van der Waals surface area contributed by atoms with Crippen LogP contribution in [0.15, 0.2) is 72.8 Å². The zero-order valence-electron chi connectivity index (χ0n) is 27.0. The van der Waals surface area contributed by atoms with E-state index in [1.165, 1.54) is 72.8 Å². The lowest BCUT2D eigenvalue weighted by atomic mass is 10.2. The number of hydrogen-bond donors (Lipinski definition) is 3. The molecule has 3 N–H and O–H groups in total. The predicted molar refractivity (Wildman–Crippen MR) is 175 cm³/mol. The molecule has 0 atom stereocenters. The molecule has 0 saturated carbocycles. The van der Waals surface area contributed by atoms with E-state index in [0.29, 0.717) is 0 Å². The first-order valence-corrected chi connectivity index (χ1v) is 16.2. The molecule has 0 unspecified atom stereocenters. The van der Waals surface area contributed by atoms with E-state index in [4.69, 9.17) is 27.8 Å². The van der Waals surface area contributed by atoms with Crippen LogP contribution in [0.2, 0.25) is 0 Å². The highest BCUT2D eigenvalue weighted by atomic mass is 31.2. The molecule has 0 bridgehead atoms. The van der Waals surface area contributed by atoms with Crippen LogP contribution in [0.1, 0.15) is 51.8 Å². The van der Waals surface area contributed by atoms with E-state index in [2.05, 4.69) is 16.0 Å². The van der Waals surface area contributed by atoms with Gasteiger partial charge >= 0.3 is 26.5 Å². The minimum atomic E-state index is -2.21. The number of benzene rings is 3. The molecule has 0 aromatic heterocycles. The van der Waals surface area contributed by atoms with Crippen molar-refractivity contribution in [2.45, 2.75) is 20.8 Å². The number of carbonyl (C=O) groups is 6. The summed E-state index contributed by atoms with van der Waals surface area (Å²) < 4.78 is 32.3. The van der Waals surface area contributed by atoms with Gasteiger partial charge < -0.3 is 43.7 Å². The van der Waals surface area contributed by atoms with Gasteiger partial charge in [-0.3, -0.25) is 28.8 Å². The second-order valence-electron chi connectivity index (χ2n) is 9.53. The van der Waals surface area contributed by atoms with Crippen LogP contribution in [-0.2, 0) is 28.6 Å². The fourth-order valence-electron chi connectivity index (χ4n) is 3.72. The second-order valence-corrected chi connectivity index (χ2v) is 10.5. The topological polar surface area (TPSA) is 194 Å². The summed E-state index contributed by atoms with van der Waals surface area (Å²) in [7, 11) is -2.21. The summed E-state index contributed by atoms with van der Waals surface area (Å²) in [5.41, 5.74) is 0.782. The molecular formula is C33H36N3O12P. The highest BCUT2D eigenvalue weighted by molar-refractivity contribution is 7.43. The summed E-state index contributed by atoms with van der Waals surface area (Å²) in [4.78, 5) is 71.9. The van der Waals surface area contributed by atoms with Crippen LogP contribution in [0, 0.1) is 0 Å². The van der Waals surface area contributed by atoms with E-state index >= 15 is 0 Å². The van der Waals surface area contributed by atoms with Crippen molar-refractivity contribution >= 4 is 44.2 Å². The Morgan fingerprint density at radius 2 is 0.694 bits per heavy atom. The molecule has 260 valence electrons. The van der Waals surface area contributed by atoms with Crippen molar-refractivity contribution in [2.24, 2.45) is 0 Å². The Labute approximate surface area is 283 Å². The number of ether oxygens (including phenoxy) is 3. The SMILES string of the molecule is CCOC(=O)CNC(=O)c1ccc(OP(Oc2ccc(C(=O)NCC(=O)OCC)cc2)Oc2ccc(C(=O)NCC(=O)OCC)cc2)cc1. The molecule has 0 fully saturated rings. The molecule has 3 aromatic rings. The Balaban J connectivity index is 1.72. The van der Waals surface area contributed by atoms with Crippen molar-refractivity contribution in [1.29, 1.82) is 0 Å². The molecule has 0 saturated heterocycles. The molecule has 0 aliphatic rings. The molecule has 0 radical (unpaired) electrons. The van der Waals surface area contributed by atoms with E-state index in [1.807, 2.05) is 0 Å². The first-order valence-electron chi connectivity index (χ1n) is 15.1. The summed E-state index contributed by atoms with van der Waals surface area (Å²) in [6, 6.07) is 18.0. The van der Waals surface area contributed by atoms with E-state index < -0.39 is 44.2 Å². The summed E-state index contributed by atoms with van der Waals surface area (Å²) in [5, 5.41) is 7.41. The Hall–Kier alpha value is -5.69. The first-order chi connectivity index (χ1) is 23.6. The van der Waals surface area contributed by atoms with Crippen molar-refractivity contribution in [3.05, 3.63) is 89.5 Å². The molecule has 0 spiro atoms. The van der Waals surface area contributed by atoms with Gasteiger partial charge in [0.1, 0.15) is 36.9 Å². The molecule has 0 aliphatic heterocycles. The van der Waals surface area contributed by atoms with Gasteiger partial charge in [0, 0.05) is 16.7 Å². The van der Waals surface area contributed by atoms with Gasteiger partial charge in [-0.15, -0.1) is 0 Å². The van der Waals surface area contributed by atoms with Crippen molar-refractivity contribution in [3.63, 3.8) is 0 Å². The minimum absolute atomic E-state index is 0.195. The summed E-state index contributed by atoms with van der Waals surface area (Å²) in [5.74, 6) is -2.34. The van der Waals surface area contributed by atoms with Crippen molar-refractivity contribution < 1.29 is 56.5 Å². The van der Waals surface area contributed by atoms with Crippen molar-refractivity contribution in [1.82, 2.24) is 16.0 Å². The maximum Gasteiger partial charge on any atom is 0.530 e. The Morgan fingerprint density at radius 3 is 0.918 bits per heavy atom. The van der Waals surface area contributed by atoms with Gasteiger partial charge in [0.25, 0.3) is 17.7 Å². The second kappa shape index (κ2) is 19.9. The molecule has 0 heterocycles. The van der Waals surface area contributed by atoms with Crippen LogP contribution in [0.4, 0.5) is 0 Å². The third kappa shape index (κ3) is 13.1. The smallest absolute Gasteiger partial charge is 0.465 e. The highest BCUT2D eigenvalue weighted by Gasteiger charge is 2.21. The van der Waals surface area contributed by atoms with Crippen LogP contribution >= 0.6 is 8.60 Å². The fraction of sp³-hybridized carbons (Fsp3) is 0.273. The molecule has 3 rings (SSSR count). The van der Waals surface area contributed by atoms with Gasteiger partial charge in [-0.1, -0.05) is 0 Å². The largest absolute Gasteiger partial charge is 0.530 e. The van der Waals surface area contributed by atoms with Crippen molar-refractivity contribution in [2.75, 3.05) is 39.5 Å². The molecule has 3 amide bonds. The lowest BCUT2D eigenvalue weighted by molar-refractivity contribution is -0.142. The van der Waals surface area contributed by atoms with Crippen molar-refractivity contribution in [3.8, 4) is 17.2 Å². The molecule has 3 aromatic carbocycles. The Kier molecular flexibility index (Phi) is 15.3. The molecular weight excluding hydrogens is 661 g/mol. The van der Waals surface area contributed by atoms with Gasteiger partial charge in [-0.05, 0) is 93.6 Å².